The standard InChI is InChI=1S/C12H18N2O3/c1-12(2,9-5-4-6-13-9)8-14-10(15)7-11(16)17-3/h4-6,13H,7-8H2,1-3H3,(H,14,15). The van der Waals surface area contributed by atoms with Crippen molar-refractivity contribution in [2.45, 2.75) is 25.7 Å². The highest BCUT2D eigenvalue weighted by atomic mass is 16.5. The molecular weight excluding hydrogens is 220 g/mol. The smallest absolute Gasteiger partial charge is 0.315 e. The number of amides is 1. The van der Waals surface area contributed by atoms with E-state index in [1.807, 2.05) is 32.2 Å². The summed E-state index contributed by atoms with van der Waals surface area (Å²) in [5.74, 6) is -0.850. The van der Waals surface area contributed by atoms with Crippen LogP contribution >= 0.6 is 0 Å². The first-order valence-electron chi connectivity index (χ1n) is 5.43. The second-order valence-electron chi connectivity index (χ2n) is 4.50. The molecule has 0 aromatic carbocycles. The van der Waals surface area contributed by atoms with E-state index in [2.05, 4.69) is 15.0 Å². The van der Waals surface area contributed by atoms with Crippen molar-refractivity contribution in [2.24, 2.45) is 0 Å². The van der Waals surface area contributed by atoms with E-state index in [9.17, 15) is 9.59 Å². The van der Waals surface area contributed by atoms with Crippen LogP contribution in [0.25, 0.3) is 0 Å². The summed E-state index contributed by atoms with van der Waals surface area (Å²) in [6, 6.07) is 3.87. The lowest BCUT2D eigenvalue weighted by atomic mass is 9.89. The molecule has 94 valence electrons. The van der Waals surface area contributed by atoms with Gasteiger partial charge in [0.15, 0.2) is 0 Å². The van der Waals surface area contributed by atoms with Gasteiger partial charge in [-0.05, 0) is 12.1 Å². The molecule has 0 aliphatic heterocycles. The molecule has 0 spiro atoms. The number of nitrogens with one attached hydrogen (secondary N) is 2. The minimum Gasteiger partial charge on any atom is -0.469 e. The fourth-order valence-electron chi connectivity index (χ4n) is 1.43. The van der Waals surface area contributed by atoms with E-state index in [1.165, 1.54) is 7.11 Å². The molecule has 0 saturated heterocycles. The summed E-state index contributed by atoms with van der Waals surface area (Å²) in [4.78, 5) is 25.4. The molecule has 5 nitrogen and oxygen atoms in total. The third-order valence-electron chi connectivity index (χ3n) is 2.59. The van der Waals surface area contributed by atoms with Gasteiger partial charge < -0.3 is 15.0 Å². The first-order valence-corrected chi connectivity index (χ1v) is 5.43. The Morgan fingerprint density at radius 2 is 2.18 bits per heavy atom. The number of methoxy groups -OCH3 is 1. The third-order valence-corrected chi connectivity index (χ3v) is 2.59. The number of hydrogen-bond acceptors (Lipinski definition) is 3. The van der Waals surface area contributed by atoms with Crippen molar-refractivity contribution in [2.75, 3.05) is 13.7 Å². The van der Waals surface area contributed by atoms with Gasteiger partial charge in [0.2, 0.25) is 5.91 Å². The van der Waals surface area contributed by atoms with Gasteiger partial charge >= 0.3 is 5.97 Å². The van der Waals surface area contributed by atoms with Crippen LogP contribution in [0, 0.1) is 0 Å². The number of rotatable bonds is 5. The van der Waals surface area contributed by atoms with E-state index in [4.69, 9.17) is 0 Å². The average molecular weight is 238 g/mol. The van der Waals surface area contributed by atoms with Gasteiger partial charge in [0.05, 0.1) is 7.11 Å². The summed E-state index contributed by atoms with van der Waals surface area (Å²) >= 11 is 0. The monoisotopic (exact) mass is 238 g/mol. The van der Waals surface area contributed by atoms with Gasteiger partial charge in [-0.1, -0.05) is 13.8 Å². The molecule has 5 heteroatoms. The van der Waals surface area contributed by atoms with Crippen molar-refractivity contribution in [3.8, 4) is 0 Å². The van der Waals surface area contributed by atoms with E-state index in [0.29, 0.717) is 6.54 Å². The first-order chi connectivity index (χ1) is 7.95. The van der Waals surface area contributed by atoms with Gasteiger partial charge in [-0.3, -0.25) is 9.59 Å². The second kappa shape index (κ2) is 5.52. The molecule has 1 aromatic heterocycles. The number of ether oxygens (including phenoxy) is 1. The van der Waals surface area contributed by atoms with Crippen LogP contribution in [0.4, 0.5) is 0 Å². The summed E-state index contributed by atoms with van der Waals surface area (Å²) < 4.78 is 4.42. The Bertz CT molecular complexity index is 382. The summed E-state index contributed by atoms with van der Waals surface area (Å²) in [5, 5.41) is 2.72. The van der Waals surface area contributed by atoms with Gasteiger partial charge in [0, 0.05) is 23.9 Å². The quantitative estimate of drug-likeness (QED) is 0.593. The van der Waals surface area contributed by atoms with Crippen LogP contribution in [0.15, 0.2) is 18.3 Å². The molecule has 0 unspecified atom stereocenters. The van der Waals surface area contributed by atoms with Crippen molar-refractivity contribution in [3.63, 3.8) is 0 Å². The Balaban J connectivity index is 2.45. The Hall–Kier alpha value is -1.78. The molecule has 1 rings (SSSR count). The first kappa shape index (κ1) is 13.3. The molecule has 0 radical (unpaired) electrons. The number of aromatic nitrogens is 1. The Morgan fingerprint density at radius 1 is 1.47 bits per heavy atom. The largest absolute Gasteiger partial charge is 0.469 e. The van der Waals surface area contributed by atoms with Gasteiger partial charge in [-0.25, -0.2) is 0 Å². The molecular formula is C12H18N2O3. The summed E-state index contributed by atoms with van der Waals surface area (Å²) in [5.41, 5.74) is 0.839. The van der Waals surface area contributed by atoms with Gasteiger partial charge in [0.25, 0.3) is 0 Å². The molecule has 1 heterocycles. The van der Waals surface area contributed by atoms with E-state index in [-0.39, 0.29) is 17.7 Å². The highest BCUT2D eigenvalue weighted by molar-refractivity contribution is 5.94. The molecule has 0 aliphatic carbocycles. The van der Waals surface area contributed by atoms with Crippen molar-refractivity contribution in [1.82, 2.24) is 10.3 Å². The average Bonchev–Trinajstić information content (AvgIpc) is 2.80. The fraction of sp³-hybridized carbons (Fsp3) is 0.500. The molecule has 17 heavy (non-hydrogen) atoms. The maximum Gasteiger partial charge on any atom is 0.315 e. The van der Waals surface area contributed by atoms with Crippen molar-refractivity contribution in [1.29, 1.82) is 0 Å². The zero-order chi connectivity index (χ0) is 12.9. The molecule has 1 amide bonds. The topological polar surface area (TPSA) is 71.2 Å². The van der Waals surface area contributed by atoms with Gasteiger partial charge in [-0.2, -0.15) is 0 Å². The number of carbonyl (C=O) groups is 2. The lowest BCUT2D eigenvalue weighted by molar-refractivity contribution is -0.143. The van der Waals surface area contributed by atoms with Crippen molar-refractivity contribution < 1.29 is 14.3 Å². The van der Waals surface area contributed by atoms with Crippen LogP contribution in [-0.2, 0) is 19.7 Å². The van der Waals surface area contributed by atoms with E-state index >= 15 is 0 Å². The molecule has 0 saturated carbocycles. The van der Waals surface area contributed by atoms with Crippen molar-refractivity contribution in [3.05, 3.63) is 24.0 Å². The van der Waals surface area contributed by atoms with E-state index in [1.54, 1.807) is 0 Å². The Labute approximate surface area is 101 Å². The van der Waals surface area contributed by atoms with E-state index in [0.717, 1.165) is 5.69 Å². The molecule has 0 fully saturated rings. The Morgan fingerprint density at radius 3 is 2.71 bits per heavy atom. The second-order valence-corrected chi connectivity index (χ2v) is 4.50. The van der Waals surface area contributed by atoms with Gasteiger partial charge in [0.1, 0.15) is 6.42 Å². The van der Waals surface area contributed by atoms with Crippen LogP contribution in [0.5, 0.6) is 0 Å². The normalized spacial score (nSPS) is 11.0. The minimum atomic E-state index is -0.528. The predicted molar refractivity (Wildman–Crippen MR) is 63.5 cm³/mol. The fourth-order valence-corrected chi connectivity index (χ4v) is 1.43. The molecule has 0 atom stereocenters. The number of aromatic amines is 1. The highest BCUT2D eigenvalue weighted by Gasteiger charge is 2.22. The van der Waals surface area contributed by atoms with Crippen molar-refractivity contribution >= 4 is 11.9 Å². The molecule has 2 N–H and O–H groups in total. The van der Waals surface area contributed by atoms with E-state index < -0.39 is 5.97 Å². The lowest BCUT2D eigenvalue weighted by Gasteiger charge is -2.23. The highest BCUT2D eigenvalue weighted by Crippen LogP contribution is 2.19. The van der Waals surface area contributed by atoms with Crippen LogP contribution in [0.3, 0.4) is 0 Å². The number of carbonyl (C=O) groups excluding carboxylic acids is 2. The minimum absolute atomic E-state index is 0.199. The number of H-pyrrole nitrogens is 1. The zero-order valence-corrected chi connectivity index (χ0v) is 10.4. The SMILES string of the molecule is COC(=O)CC(=O)NCC(C)(C)c1ccc[nH]1. The van der Waals surface area contributed by atoms with Crippen LogP contribution in [0.1, 0.15) is 26.0 Å². The van der Waals surface area contributed by atoms with Crippen LogP contribution in [0.2, 0.25) is 0 Å². The number of esters is 1. The third kappa shape index (κ3) is 3.94. The zero-order valence-electron chi connectivity index (χ0n) is 10.4. The molecule has 0 bridgehead atoms. The molecule has 1 aromatic rings. The Kier molecular flexibility index (Phi) is 4.31. The summed E-state index contributed by atoms with van der Waals surface area (Å²) in [6.07, 6.45) is 1.60. The van der Waals surface area contributed by atoms with Crippen LogP contribution < -0.4 is 5.32 Å². The maximum atomic E-state index is 11.4. The lowest BCUT2D eigenvalue weighted by Crippen LogP contribution is -2.37. The maximum absolute atomic E-state index is 11.4. The summed E-state index contributed by atoms with van der Waals surface area (Å²) in [6.45, 7) is 4.48. The summed E-state index contributed by atoms with van der Waals surface area (Å²) in [7, 11) is 1.26. The van der Waals surface area contributed by atoms with Crippen LogP contribution in [-0.4, -0.2) is 30.5 Å². The van der Waals surface area contributed by atoms with Gasteiger partial charge in [-0.15, -0.1) is 0 Å². The predicted octanol–water partition coefficient (Wildman–Crippen LogP) is 0.972. The molecule has 0 aliphatic rings. The number of hydrogen-bond donors (Lipinski definition) is 2.